The van der Waals surface area contributed by atoms with Crippen LogP contribution in [0.25, 0.3) is 21.5 Å². The van der Waals surface area contributed by atoms with Crippen molar-refractivity contribution in [2.24, 2.45) is 0 Å². The molecule has 126 valence electrons. The molecule has 0 radical (unpaired) electrons. The number of nitriles is 1. The van der Waals surface area contributed by atoms with E-state index in [2.05, 4.69) is 4.98 Å². The number of nitrogens with zero attached hydrogens (tertiary/aromatic N) is 2. The number of aromatic nitrogens is 1. The predicted molar refractivity (Wildman–Crippen MR) is 86.1 cm³/mol. The molecular formula is C17H8F4N2OS. The minimum atomic E-state index is -4.50. The summed E-state index contributed by atoms with van der Waals surface area (Å²) in [4.78, 5) is 4.03. The highest BCUT2D eigenvalue weighted by molar-refractivity contribution is 7.19. The van der Waals surface area contributed by atoms with Crippen molar-refractivity contribution in [3.63, 3.8) is 0 Å². The molecule has 0 aliphatic rings. The molecule has 0 atom stereocenters. The lowest BCUT2D eigenvalue weighted by Gasteiger charge is -2.04. The van der Waals surface area contributed by atoms with E-state index in [1.54, 1.807) is 6.07 Å². The first-order valence-corrected chi connectivity index (χ1v) is 7.68. The van der Waals surface area contributed by atoms with Crippen LogP contribution in [-0.2, 0) is 6.18 Å². The second-order valence-electron chi connectivity index (χ2n) is 5.04. The summed E-state index contributed by atoms with van der Waals surface area (Å²) >= 11 is 0.983. The lowest BCUT2D eigenvalue weighted by molar-refractivity contribution is -0.137. The summed E-state index contributed by atoms with van der Waals surface area (Å²) in [6.45, 7) is 0. The summed E-state index contributed by atoms with van der Waals surface area (Å²) in [5.74, 6) is -0.924. The first-order chi connectivity index (χ1) is 11.8. The Kier molecular flexibility index (Phi) is 4.18. The molecule has 0 aliphatic carbocycles. The van der Waals surface area contributed by atoms with Crippen LogP contribution >= 0.6 is 11.3 Å². The SMILES string of the molecule is N#CC(=C(O)c1ccc(F)cc1)c1nc2cc(C(F)(F)F)ccc2s1. The van der Waals surface area contributed by atoms with E-state index in [-0.39, 0.29) is 21.7 Å². The fraction of sp³-hybridized carbons (Fsp3) is 0.0588. The Hall–Kier alpha value is -2.92. The van der Waals surface area contributed by atoms with Gasteiger partial charge >= 0.3 is 6.18 Å². The van der Waals surface area contributed by atoms with Crippen molar-refractivity contribution >= 4 is 32.9 Å². The summed E-state index contributed by atoms with van der Waals surface area (Å²) in [6, 6.07) is 9.70. The van der Waals surface area contributed by atoms with E-state index in [4.69, 9.17) is 0 Å². The largest absolute Gasteiger partial charge is 0.506 e. The molecule has 1 N–H and O–H groups in total. The van der Waals surface area contributed by atoms with Crippen LogP contribution in [0, 0.1) is 17.1 Å². The monoisotopic (exact) mass is 364 g/mol. The number of hydrogen-bond acceptors (Lipinski definition) is 4. The lowest BCUT2D eigenvalue weighted by atomic mass is 10.1. The van der Waals surface area contributed by atoms with E-state index in [1.807, 2.05) is 0 Å². The Balaban J connectivity index is 2.11. The molecule has 25 heavy (non-hydrogen) atoms. The molecule has 2 aromatic carbocycles. The van der Waals surface area contributed by atoms with Crippen LogP contribution in [0.4, 0.5) is 17.6 Å². The maximum absolute atomic E-state index is 13.0. The highest BCUT2D eigenvalue weighted by Gasteiger charge is 2.31. The topological polar surface area (TPSA) is 56.9 Å². The van der Waals surface area contributed by atoms with Gasteiger partial charge in [0.15, 0.2) is 0 Å². The minimum Gasteiger partial charge on any atom is -0.506 e. The van der Waals surface area contributed by atoms with E-state index in [0.29, 0.717) is 4.70 Å². The normalized spacial score (nSPS) is 12.8. The number of aliphatic hydroxyl groups excluding tert-OH is 1. The average Bonchev–Trinajstić information content (AvgIpc) is 2.98. The fourth-order valence-corrected chi connectivity index (χ4v) is 3.11. The van der Waals surface area contributed by atoms with Crippen LogP contribution in [-0.4, -0.2) is 10.1 Å². The third-order valence-electron chi connectivity index (χ3n) is 3.40. The summed E-state index contributed by atoms with van der Waals surface area (Å²) in [5, 5.41) is 19.7. The van der Waals surface area contributed by atoms with Gasteiger partial charge in [-0.25, -0.2) is 9.37 Å². The van der Waals surface area contributed by atoms with Crippen molar-refractivity contribution in [1.29, 1.82) is 5.26 Å². The first kappa shape index (κ1) is 16.9. The second kappa shape index (κ2) is 6.18. The predicted octanol–water partition coefficient (Wildman–Crippen LogP) is 5.40. The Labute approximate surface area is 143 Å². The zero-order chi connectivity index (χ0) is 18.2. The molecule has 8 heteroatoms. The van der Waals surface area contributed by atoms with Crippen molar-refractivity contribution in [1.82, 2.24) is 4.98 Å². The molecule has 3 aromatic rings. The van der Waals surface area contributed by atoms with Gasteiger partial charge in [0.1, 0.15) is 28.2 Å². The molecule has 0 spiro atoms. The Morgan fingerprint density at radius 3 is 2.40 bits per heavy atom. The van der Waals surface area contributed by atoms with Gasteiger partial charge in [-0.2, -0.15) is 18.4 Å². The molecule has 3 nitrogen and oxygen atoms in total. The van der Waals surface area contributed by atoms with Crippen LogP contribution in [0.3, 0.4) is 0 Å². The van der Waals surface area contributed by atoms with E-state index in [1.165, 1.54) is 18.2 Å². The van der Waals surface area contributed by atoms with Crippen LogP contribution in [0.15, 0.2) is 42.5 Å². The van der Waals surface area contributed by atoms with Crippen molar-refractivity contribution in [3.8, 4) is 6.07 Å². The number of rotatable bonds is 2. The molecule has 3 rings (SSSR count). The maximum Gasteiger partial charge on any atom is 0.416 e. The molecule has 0 bridgehead atoms. The fourth-order valence-electron chi connectivity index (χ4n) is 2.16. The summed E-state index contributed by atoms with van der Waals surface area (Å²) in [7, 11) is 0. The van der Waals surface area contributed by atoms with Gasteiger partial charge in [0.05, 0.1) is 15.8 Å². The third-order valence-corrected chi connectivity index (χ3v) is 4.45. The molecule has 1 heterocycles. The summed E-state index contributed by atoms with van der Waals surface area (Å²) in [6.07, 6.45) is -4.50. The van der Waals surface area contributed by atoms with E-state index < -0.39 is 23.3 Å². The third kappa shape index (κ3) is 3.32. The number of fused-ring (bicyclic) bond motifs is 1. The van der Waals surface area contributed by atoms with Crippen molar-refractivity contribution in [3.05, 3.63) is 64.4 Å². The second-order valence-corrected chi connectivity index (χ2v) is 6.07. The van der Waals surface area contributed by atoms with Crippen LogP contribution < -0.4 is 0 Å². The van der Waals surface area contributed by atoms with E-state index in [0.717, 1.165) is 35.6 Å². The van der Waals surface area contributed by atoms with Gasteiger partial charge < -0.3 is 5.11 Å². The average molecular weight is 364 g/mol. The Morgan fingerprint density at radius 1 is 1.12 bits per heavy atom. The number of allylic oxidation sites excluding steroid dienone is 1. The zero-order valence-electron chi connectivity index (χ0n) is 12.3. The number of halogens is 4. The number of thiazole rings is 1. The van der Waals surface area contributed by atoms with Gasteiger partial charge in [-0.15, -0.1) is 11.3 Å². The van der Waals surface area contributed by atoms with Gasteiger partial charge in [-0.05, 0) is 42.5 Å². The molecule has 0 unspecified atom stereocenters. The van der Waals surface area contributed by atoms with Gasteiger partial charge in [0, 0.05) is 5.56 Å². The number of hydrogen-bond donors (Lipinski definition) is 1. The molecule has 0 fully saturated rings. The number of benzene rings is 2. The highest BCUT2D eigenvalue weighted by atomic mass is 32.1. The quantitative estimate of drug-likeness (QED) is 0.376. The molecule has 0 saturated carbocycles. The van der Waals surface area contributed by atoms with Gasteiger partial charge in [-0.1, -0.05) is 0 Å². The van der Waals surface area contributed by atoms with Crippen molar-refractivity contribution in [2.75, 3.05) is 0 Å². The van der Waals surface area contributed by atoms with E-state index in [9.17, 15) is 27.9 Å². The Morgan fingerprint density at radius 2 is 1.80 bits per heavy atom. The number of aliphatic hydroxyl groups is 1. The summed E-state index contributed by atoms with van der Waals surface area (Å²) in [5.41, 5.74) is -0.758. The van der Waals surface area contributed by atoms with Crippen LogP contribution in [0.2, 0.25) is 0 Å². The molecule has 0 amide bonds. The smallest absolute Gasteiger partial charge is 0.416 e. The van der Waals surface area contributed by atoms with Crippen LogP contribution in [0.1, 0.15) is 16.1 Å². The molecule has 0 aliphatic heterocycles. The van der Waals surface area contributed by atoms with Crippen LogP contribution in [0.5, 0.6) is 0 Å². The maximum atomic E-state index is 13.0. The number of alkyl halides is 3. The minimum absolute atomic E-state index is 0.0782. The van der Waals surface area contributed by atoms with Gasteiger partial charge in [-0.3, -0.25) is 0 Å². The molecule has 1 aromatic heterocycles. The molecular weight excluding hydrogens is 356 g/mol. The summed E-state index contributed by atoms with van der Waals surface area (Å²) < 4.78 is 51.7. The van der Waals surface area contributed by atoms with Crippen molar-refractivity contribution in [2.45, 2.75) is 6.18 Å². The Bertz CT molecular complexity index is 1010. The molecule has 0 saturated heterocycles. The van der Waals surface area contributed by atoms with Crippen molar-refractivity contribution < 1.29 is 22.7 Å². The van der Waals surface area contributed by atoms with Gasteiger partial charge in [0.2, 0.25) is 0 Å². The lowest BCUT2D eigenvalue weighted by Crippen LogP contribution is -2.03. The first-order valence-electron chi connectivity index (χ1n) is 6.87. The highest BCUT2D eigenvalue weighted by Crippen LogP contribution is 2.35. The standard InChI is InChI=1S/C17H8F4N2OS/c18-11-4-1-9(2-5-11)15(24)12(8-22)16-23-13-7-10(17(19,20)21)3-6-14(13)25-16/h1-7,24H. The zero-order valence-corrected chi connectivity index (χ0v) is 13.1. The van der Waals surface area contributed by atoms with Gasteiger partial charge in [0.25, 0.3) is 0 Å². The van der Waals surface area contributed by atoms with E-state index >= 15 is 0 Å².